The molecule has 0 N–H and O–H groups in total. The topological polar surface area (TPSA) is 32.8 Å². The Morgan fingerprint density at radius 1 is 1.32 bits per heavy atom. The number of rotatable bonds is 2. The number of amides is 1. The standard InChI is InChI=1S/C14H22N2O2S/c1-14(2,3)18-13(17)16-7-5-15(6-8-16)10-12-4-9-19-11-12/h4,9,11H,5-8,10H2,1-3H3. The Kier molecular flexibility index (Phi) is 4.47. The molecule has 0 bridgehead atoms. The van der Waals surface area contributed by atoms with Crippen molar-refractivity contribution in [1.82, 2.24) is 9.80 Å². The molecule has 4 nitrogen and oxygen atoms in total. The van der Waals surface area contributed by atoms with Crippen LogP contribution in [-0.4, -0.2) is 47.7 Å². The van der Waals surface area contributed by atoms with Gasteiger partial charge in [-0.15, -0.1) is 0 Å². The Morgan fingerprint density at radius 3 is 2.53 bits per heavy atom. The van der Waals surface area contributed by atoms with Gasteiger partial charge in [-0.3, -0.25) is 4.90 Å². The quantitative estimate of drug-likeness (QED) is 0.836. The summed E-state index contributed by atoms with van der Waals surface area (Å²) in [6.07, 6.45) is -0.192. The van der Waals surface area contributed by atoms with E-state index in [9.17, 15) is 4.79 Å². The van der Waals surface area contributed by atoms with Crippen LogP contribution in [0.25, 0.3) is 0 Å². The van der Waals surface area contributed by atoms with Crippen molar-refractivity contribution in [2.24, 2.45) is 0 Å². The summed E-state index contributed by atoms with van der Waals surface area (Å²) < 4.78 is 5.39. The van der Waals surface area contributed by atoms with Crippen molar-refractivity contribution in [3.8, 4) is 0 Å². The predicted octanol–water partition coefficient (Wildman–Crippen LogP) is 2.80. The fourth-order valence-corrected chi connectivity index (χ4v) is 2.72. The Morgan fingerprint density at radius 2 is 2.00 bits per heavy atom. The van der Waals surface area contributed by atoms with Crippen molar-refractivity contribution >= 4 is 17.4 Å². The minimum Gasteiger partial charge on any atom is -0.444 e. The van der Waals surface area contributed by atoms with Gasteiger partial charge in [0.15, 0.2) is 0 Å². The molecular formula is C14H22N2O2S. The first-order valence-corrected chi connectivity index (χ1v) is 7.60. The van der Waals surface area contributed by atoms with E-state index in [1.165, 1.54) is 5.56 Å². The fourth-order valence-electron chi connectivity index (χ4n) is 2.06. The van der Waals surface area contributed by atoms with Crippen LogP contribution in [0.3, 0.4) is 0 Å². The highest BCUT2D eigenvalue weighted by Crippen LogP contribution is 2.14. The lowest BCUT2D eigenvalue weighted by molar-refractivity contribution is 0.0139. The molecule has 5 heteroatoms. The van der Waals surface area contributed by atoms with E-state index < -0.39 is 5.60 Å². The molecule has 1 aliphatic heterocycles. The monoisotopic (exact) mass is 282 g/mol. The van der Waals surface area contributed by atoms with Crippen LogP contribution < -0.4 is 0 Å². The van der Waals surface area contributed by atoms with Gasteiger partial charge in [-0.2, -0.15) is 11.3 Å². The van der Waals surface area contributed by atoms with E-state index in [1.807, 2.05) is 20.8 Å². The highest BCUT2D eigenvalue weighted by Gasteiger charge is 2.25. The van der Waals surface area contributed by atoms with E-state index in [2.05, 4.69) is 21.7 Å². The zero-order chi connectivity index (χ0) is 13.9. The summed E-state index contributed by atoms with van der Waals surface area (Å²) in [4.78, 5) is 16.1. The molecule has 1 amide bonds. The molecule has 1 aliphatic rings. The van der Waals surface area contributed by atoms with Gasteiger partial charge in [0.25, 0.3) is 0 Å². The summed E-state index contributed by atoms with van der Waals surface area (Å²) in [6.45, 7) is 10.0. The van der Waals surface area contributed by atoms with Crippen LogP contribution in [0.5, 0.6) is 0 Å². The van der Waals surface area contributed by atoms with E-state index in [1.54, 1.807) is 16.2 Å². The smallest absolute Gasteiger partial charge is 0.410 e. The lowest BCUT2D eigenvalue weighted by Gasteiger charge is -2.35. The second-order valence-electron chi connectivity index (χ2n) is 5.88. The van der Waals surface area contributed by atoms with Crippen molar-refractivity contribution in [2.45, 2.75) is 32.9 Å². The molecular weight excluding hydrogens is 260 g/mol. The number of piperazine rings is 1. The molecule has 1 aromatic rings. The molecule has 2 heterocycles. The van der Waals surface area contributed by atoms with E-state index in [0.29, 0.717) is 0 Å². The number of ether oxygens (including phenoxy) is 1. The summed E-state index contributed by atoms with van der Waals surface area (Å²) in [5.74, 6) is 0. The van der Waals surface area contributed by atoms with Crippen LogP contribution in [-0.2, 0) is 11.3 Å². The summed E-state index contributed by atoms with van der Waals surface area (Å²) in [5.41, 5.74) is 0.945. The van der Waals surface area contributed by atoms with Crippen molar-refractivity contribution in [3.05, 3.63) is 22.4 Å². The third-order valence-corrected chi connectivity index (χ3v) is 3.74. The molecule has 0 aromatic carbocycles. The number of thiophene rings is 1. The van der Waals surface area contributed by atoms with Gasteiger partial charge >= 0.3 is 6.09 Å². The SMILES string of the molecule is CC(C)(C)OC(=O)N1CCN(Cc2ccsc2)CC1. The number of hydrogen-bond acceptors (Lipinski definition) is 4. The molecule has 0 atom stereocenters. The maximum Gasteiger partial charge on any atom is 0.410 e. The van der Waals surface area contributed by atoms with Crippen LogP contribution in [0.15, 0.2) is 16.8 Å². The van der Waals surface area contributed by atoms with Crippen molar-refractivity contribution in [1.29, 1.82) is 0 Å². The van der Waals surface area contributed by atoms with E-state index in [4.69, 9.17) is 4.74 Å². The van der Waals surface area contributed by atoms with Crippen LogP contribution in [0.2, 0.25) is 0 Å². The van der Waals surface area contributed by atoms with Crippen molar-refractivity contribution in [2.75, 3.05) is 26.2 Å². The zero-order valence-corrected chi connectivity index (χ0v) is 12.7. The highest BCUT2D eigenvalue weighted by atomic mass is 32.1. The average molecular weight is 282 g/mol. The lowest BCUT2D eigenvalue weighted by Crippen LogP contribution is -2.49. The first kappa shape index (κ1) is 14.3. The Labute approximate surface area is 119 Å². The minimum atomic E-state index is -0.412. The Hall–Kier alpha value is -1.07. The molecule has 0 unspecified atom stereocenters. The maximum absolute atomic E-state index is 11.9. The molecule has 1 fully saturated rings. The molecule has 0 spiro atoms. The Bertz CT molecular complexity index is 404. The molecule has 1 saturated heterocycles. The summed E-state index contributed by atoms with van der Waals surface area (Å²) >= 11 is 1.73. The summed E-state index contributed by atoms with van der Waals surface area (Å²) in [7, 11) is 0. The molecule has 2 rings (SSSR count). The average Bonchev–Trinajstić information content (AvgIpc) is 2.80. The molecule has 0 saturated carbocycles. The predicted molar refractivity (Wildman–Crippen MR) is 77.4 cm³/mol. The minimum absolute atomic E-state index is 0.192. The molecule has 106 valence electrons. The second-order valence-corrected chi connectivity index (χ2v) is 6.66. The summed E-state index contributed by atoms with van der Waals surface area (Å²) in [5, 5.41) is 4.28. The van der Waals surface area contributed by atoms with Crippen LogP contribution >= 0.6 is 11.3 Å². The fraction of sp³-hybridized carbons (Fsp3) is 0.643. The van der Waals surface area contributed by atoms with Gasteiger partial charge in [-0.05, 0) is 43.2 Å². The zero-order valence-electron chi connectivity index (χ0n) is 11.9. The number of carbonyl (C=O) groups excluding carboxylic acids is 1. The van der Waals surface area contributed by atoms with Gasteiger partial charge in [-0.25, -0.2) is 4.79 Å². The van der Waals surface area contributed by atoms with Crippen molar-refractivity contribution < 1.29 is 9.53 Å². The first-order valence-electron chi connectivity index (χ1n) is 6.65. The van der Waals surface area contributed by atoms with Gasteiger partial charge in [0.1, 0.15) is 5.60 Å². The van der Waals surface area contributed by atoms with E-state index in [0.717, 1.165) is 32.7 Å². The van der Waals surface area contributed by atoms with Crippen LogP contribution in [0, 0.1) is 0 Å². The molecule has 0 radical (unpaired) electrons. The van der Waals surface area contributed by atoms with E-state index >= 15 is 0 Å². The molecule has 1 aromatic heterocycles. The highest BCUT2D eigenvalue weighted by molar-refractivity contribution is 7.07. The normalized spacial score (nSPS) is 17.5. The number of nitrogens with zero attached hydrogens (tertiary/aromatic N) is 2. The number of carbonyl (C=O) groups is 1. The number of hydrogen-bond donors (Lipinski definition) is 0. The van der Waals surface area contributed by atoms with Gasteiger partial charge in [0, 0.05) is 32.7 Å². The third-order valence-electron chi connectivity index (χ3n) is 3.01. The molecule has 0 aliphatic carbocycles. The molecule has 19 heavy (non-hydrogen) atoms. The van der Waals surface area contributed by atoms with Gasteiger partial charge in [0.05, 0.1) is 0 Å². The largest absolute Gasteiger partial charge is 0.444 e. The lowest BCUT2D eigenvalue weighted by atomic mass is 10.2. The van der Waals surface area contributed by atoms with Gasteiger partial charge in [-0.1, -0.05) is 0 Å². The van der Waals surface area contributed by atoms with Crippen LogP contribution in [0.4, 0.5) is 4.79 Å². The van der Waals surface area contributed by atoms with Crippen molar-refractivity contribution in [3.63, 3.8) is 0 Å². The van der Waals surface area contributed by atoms with Crippen LogP contribution in [0.1, 0.15) is 26.3 Å². The third kappa shape index (κ3) is 4.51. The maximum atomic E-state index is 11.9. The van der Waals surface area contributed by atoms with Gasteiger partial charge < -0.3 is 9.64 Å². The Balaban J connectivity index is 1.77. The van der Waals surface area contributed by atoms with Gasteiger partial charge in [0.2, 0.25) is 0 Å². The van der Waals surface area contributed by atoms with E-state index in [-0.39, 0.29) is 6.09 Å². The first-order chi connectivity index (χ1) is 8.94. The second kappa shape index (κ2) is 5.92. The summed E-state index contributed by atoms with van der Waals surface area (Å²) in [6, 6.07) is 2.16.